The fourth-order valence-electron chi connectivity index (χ4n) is 1.53. The predicted octanol–water partition coefficient (Wildman–Crippen LogP) is 3.28. The summed E-state index contributed by atoms with van der Waals surface area (Å²) in [7, 11) is 4.17. The summed E-state index contributed by atoms with van der Waals surface area (Å²) in [4.78, 5) is 3.54. The Morgan fingerprint density at radius 2 is 2.00 bits per heavy atom. The van der Waals surface area contributed by atoms with Crippen LogP contribution in [0, 0.1) is 6.92 Å². The molecule has 0 N–H and O–H groups in total. The Balaban J connectivity index is 2.75. The van der Waals surface area contributed by atoms with Crippen molar-refractivity contribution in [3.8, 4) is 0 Å². The van der Waals surface area contributed by atoms with Crippen LogP contribution in [-0.2, 0) is 0 Å². The largest absolute Gasteiger partial charge is 0.377 e. The topological polar surface area (TPSA) is 3.24 Å². The van der Waals surface area contributed by atoms with Gasteiger partial charge in [0.05, 0.1) is 10.4 Å². The van der Waals surface area contributed by atoms with Crippen molar-refractivity contribution >= 4 is 27.1 Å². The van der Waals surface area contributed by atoms with Crippen LogP contribution in [0.3, 0.4) is 0 Å². The van der Waals surface area contributed by atoms with E-state index in [4.69, 9.17) is 0 Å². The first-order valence-electron chi connectivity index (χ1n) is 4.35. The monoisotopic (exact) mass is 191 g/mol. The highest BCUT2D eigenvalue weighted by molar-refractivity contribution is 7.19. The first-order chi connectivity index (χ1) is 6.18. The normalized spacial score (nSPS) is 10.7. The van der Waals surface area contributed by atoms with Crippen molar-refractivity contribution in [1.29, 1.82) is 0 Å². The Bertz CT molecular complexity index is 429. The van der Waals surface area contributed by atoms with Gasteiger partial charge in [0.1, 0.15) is 0 Å². The van der Waals surface area contributed by atoms with E-state index >= 15 is 0 Å². The number of thiophene rings is 1. The van der Waals surface area contributed by atoms with Gasteiger partial charge in [0.25, 0.3) is 0 Å². The Labute approximate surface area is 82.6 Å². The molecule has 0 radical (unpaired) electrons. The van der Waals surface area contributed by atoms with Gasteiger partial charge in [0.2, 0.25) is 0 Å². The molecule has 0 amide bonds. The van der Waals surface area contributed by atoms with E-state index in [1.807, 2.05) is 11.3 Å². The number of hydrogen-bond acceptors (Lipinski definition) is 2. The quantitative estimate of drug-likeness (QED) is 0.668. The van der Waals surface area contributed by atoms with Crippen LogP contribution in [0.2, 0.25) is 0 Å². The molecule has 0 fully saturated rings. The van der Waals surface area contributed by atoms with Crippen LogP contribution in [0.25, 0.3) is 10.1 Å². The molecule has 68 valence electrons. The maximum atomic E-state index is 2.24. The van der Waals surface area contributed by atoms with E-state index in [9.17, 15) is 0 Å². The predicted molar refractivity (Wildman–Crippen MR) is 60.9 cm³/mol. The lowest BCUT2D eigenvalue weighted by atomic mass is 10.2. The summed E-state index contributed by atoms with van der Waals surface area (Å²) in [6.07, 6.45) is 0. The second kappa shape index (κ2) is 3.04. The molecular weight excluding hydrogens is 178 g/mol. The molecular formula is C11H13NS. The van der Waals surface area contributed by atoms with Gasteiger partial charge in [-0.2, -0.15) is 0 Å². The molecule has 0 aliphatic rings. The number of aryl methyl sites for hydroxylation is 1. The number of nitrogens with zero attached hydrogens (tertiary/aromatic N) is 1. The molecule has 2 heteroatoms. The summed E-state index contributed by atoms with van der Waals surface area (Å²) >= 11 is 1.87. The van der Waals surface area contributed by atoms with Crippen LogP contribution in [0.15, 0.2) is 24.3 Å². The fourth-order valence-corrected chi connectivity index (χ4v) is 2.64. The standard InChI is InChI=1S/C11H13NS/c1-8-7-9-5-4-6-10(12(2)3)11(9)13-8/h4-7H,1-3H3. The minimum atomic E-state index is 1.32. The van der Waals surface area contributed by atoms with Gasteiger partial charge >= 0.3 is 0 Å². The third-order valence-electron chi connectivity index (χ3n) is 2.13. The maximum Gasteiger partial charge on any atom is 0.0578 e. The van der Waals surface area contributed by atoms with Crippen LogP contribution in [0.4, 0.5) is 5.69 Å². The number of anilines is 1. The summed E-state index contributed by atoms with van der Waals surface area (Å²) in [6.45, 7) is 2.16. The zero-order valence-corrected chi connectivity index (χ0v) is 8.98. The molecule has 1 aromatic heterocycles. The molecule has 0 aliphatic carbocycles. The fraction of sp³-hybridized carbons (Fsp3) is 0.273. The average Bonchev–Trinajstić information content (AvgIpc) is 2.43. The van der Waals surface area contributed by atoms with Crippen molar-refractivity contribution in [2.45, 2.75) is 6.92 Å². The Kier molecular flexibility index (Phi) is 2.00. The molecule has 0 unspecified atom stereocenters. The lowest BCUT2D eigenvalue weighted by Gasteiger charge is -2.12. The van der Waals surface area contributed by atoms with Crippen LogP contribution >= 0.6 is 11.3 Å². The molecule has 0 spiro atoms. The van der Waals surface area contributed by atoms with E-state index in [1.54, 1.807) is 0 Å². The third kappa shape index (κ3) is 1.42. The van der Waals surface area contributed by atoms with Crippen molar-refractivity contribution in [3.63, 3.8) is 0 Å². The lowest BCUT2D eigenvalue weighted by Crippen LogP contribution is -2.08. The number of rotatable bonds is 1. The second-order valence-electron chi connectivity index (χ2n) is 3.45. The summed E-state index contributed by atoms with van der Waals surface area (Å²) in [5, 5.41) is 1.36. The van der Waals surface area contributed by atoms with Crippen molar-refractivity contribution in [1.82, 2.24) is 0 Å². The van der Waals surface area contributed by atoms with Gasteiger partial charge in [0.15, 0.2) is 0 Å². The number of fused-ring (bicyclic) bond motifs is 1. The van der Waals surface area contributed by atoms with E-state index in [0.29, 0.717) is 0 Å². The van der Waals surface area contributed by atoms with Gasteiger partial charge in [-0.15, -0.1) is 11.3 Å². The number of hydrogen-bond donors (Lipinski definition) is 0. The Morgan fingerprint density at radius 1 is 1.23 bits per heavy atom. The third-order valence-corrected chi connectivity index (χ3v) is 3.22. The van der Waals surface area contributed by atoms with Gasteiger partial charge < -0.3 is 4.90 Å². The molecule has 0 saturated carbocycles. The molecule has 1 nitrogen and oxygen atoms in total. The molecule has 2 aromatic rings. The Hall–Kier alpha value is -1.02. The zero-order valence-electron chi connectivity index (χ0n) is 8.16. The first kappa shape index (κ1) is 8.57. The Morgan fingerprint density at radius 3 is 2.69 bits per heavy atom. The van der Waals surface area contributed by atoms with Crippen molar-refractivity contribution in [2.75, 3.05) is 19.0 Å². The summed E-state index contributed by atoms with van der Waals surface area (Å²) in [5.74, 6) is 0. The van der Waals surface area contributed by atoms with E-state index in [-0.39, 0.29) is 0 Å². The van der Waals surface area contributed by atoms with E-state index in [0.717, 1.165) is 0 Å². The van der Waals surface area contributed by atoms with E-state index in [1.165, 1.54) is 20.7 Å². The molecule has 13 heavy (non-hydrogen) atoms. The van der Waals surface area contributed by atoms with Gasteiger partial charge in [-0.1, -0.05) is 12.1 Å². The van der Waals surface area contributed by atoms with Crippen LogP contribution < -0.4 is 4.90 Å². The lowest BCUT2D eigenvalue weighted by molar-refractivity contribution is 1.14. The molecule has 0 aliphatic heterocycles. The summed E-state index contributed by atoms with van der Waals surface area (Å²) in [5.41, 5.74) is 1.32. The molecule has 1 heterocycles. The minimum Gasteiger partial charge on any atom is -0.377 e. The molecule has 0 atom stereocenters. The molecule has 1 aromatic carbocycles. The molecule has 2 rings (SSSR count). The van der Waals surface area contributed by atoms with Gasteiger partial charge in [-0.05, 0) is 24.4 Å². The highest BCUT2D eigenvalue weighted by Gasteiger charge is 2.04. The van der Waals surface area contributed by atoms with E-state index < -0.39 is 0 Å². The van der Waals surface area contributed by atoms with Crippen molar-refractivity contribution < 1.29 is 0 Å². The highest BCUT2D eigenvalue weighted by Crippen LogP contribution is 2.32. The second-order valence-corrected chi connectivity index (χ2v) is 4.70. The zero-order chi connectivity index (χ0) is 9.42. The van der Waals surface area contributed by atoms with Gasteiger partial charge in [-0.3, -0.25) is 0 Å². The smallest absolute Gasteiger partial charge is 0.0578 e. The van der Waals surface area contributed by atoms with Crippen molar-refractivity contribution in [2.24, 2.45) is 0 Å². The minimum absolute atomic E-state index is 1.32. The number of benzene rings is 1. The average molecular weight is 191 g/mol. The molecule has 0 bridgehead atoms. The van der Waals surface area contributed by atoms with Gasteiger partial charge in [0, 0.05) is 19.0 Å². The van der Waals surface area contributed by atoms with Crippen LogP contribution in [0.1, 0.15) is 4.88 Å². The van der Waals surface area contributed by atoms with Gasteiger partial charge in [-0.25, -0.2) is 0 Å². The SMILES string of the molecule is Cc1cc2cccc(N(C)C)c2s1. The maximum absolute atomic E-state index is 2.24. The van der Waals surface area contributed by atoms with E-state index in [2.05, 4.69) is 50.2 Å². The first-order valence-corrected chi connectivity index (χ1v) is 5.16. The molecule has 0 saturated heterocycles. The van der Waals surface area contributed by atoms with Crippen LogP contribution in [-0.4, -0.2) is 14.1 Å². The van der Waals surface area contributed by atoms with Crippen LogP contribution in [0.5, 0.6) is 0 Å². The summed E-state index contributed by atoms with van der Waals surface area (Å²) in [6, 6.07) is 8.70. The van der Waals surface area contributed by atoms with Crippen molar-refractivity contribution in [3.05, 3.63) is 29.1 Å². The summed E-state index contributed by atoms with van der Waals surface area (Å²) < 4.78 is 1.39. The highest BCUT2D eigenvalue weighted by atomic mass is 32.1.